The smallest absolute Gasteiger partial charge is 0.259 e. The van der Waals surface area contributed by atoms with Crippen LogP contribution in [0.3, 0.4) is 0 Å². The third kappa shape index (κ3) is 4.27. The van der Waals surface area contributed by atoms with E-state index in [0.717, 1.165) is 26.1 Å². The summed E-state index contributed by atoms with van der Waals surface area (Å²) in [6.45, 7) is 7.94. The molecular weight excluding hydrogens is 267 g/mol. The molecule has 1 heterocycles. The number of alkyl halides is 1. The number of halogens is 1. The number of carbonyl (C=O) groups is 1. The van der Waals surface area contributed by atoms with Crippen LogP contribution in [0, 0.1) is 0 Å². The van der Waals surface area contributed by atoms with Gasteiger partial charge in [0.25, 0.3) is 5.91 Å². The second-order valence-corrected chi connectivity index (χ2v) is 6.39. The summed E-state index contributed by atoms with van der Waals surface area (Å²) in [7, 11) is 0. The molecule has 116 valence electrons. The lowest BCUT2D eigenvalue weighted by molar-refractivity contribution is -0.143. The quantitative estimate of drug-likeness (QED) is 0.855. The predicted molar refractivity (Wildman–Crippen MR) is 82.7 cm³/mol. The average molecular weight is 292 g/mol. The van der Waals surface area contributed by atoms with Crippen LogP contribution in [0.1, 0.15) is 32.8 Å². The zero-order valence-electron chi connectivity index (χ0n) is 13.2. The Balaban J connectivity index is 2.01. The van der Waals surface area contributed by atoms with Gasteiger partial charge in [0.1, 0.15) is 0 Å². The number of hydrogen-bond donors (Lipinski definition) is 0. The summed E-state index contributed by atoms with van der Waals surface area (Å²) in [5, 5.41) is 0. The van der Waals surface area contributed by atoms with Crippen molar-refractivity contribution in [2.75, 3.05) is 19.6 Å². The molecule has 2 rings (SSSR count). The van der Waals surface area contributed by atoms with E-state index in [4.69, 9.17) is 0 Å². The van der Waals surface area contributed by atoms with Gasteiger partial charge >= 0.3 is 0 Å². The molecule has 1 atom stereocenters. The molecule has 1 aromatic carbocycles. The Kier molecular flexibility index (Phi) is 4.99. The van der Waals surface area contributed by atoms with Crippen molar-refractivity contribution >= 4 is 5.91 Å². The number of amides is 1. The predicted octanol–water partition coefficient (Wildman–Crippen LogP) is 2.86. The Morgan fingerprint density at radius 3 is 2.57 bits per heavy atom. The zero-order chi connectivity index (χ0) is 15.5. The molecule has 1 fully saturated rings. The molecule has 4 heteroatoms. The van der Waals surface area contributed by atoms with E-state index in [9.17, 15) is 9.18 Å². The number of benzene rings is 1. The lowest BCUT2D eigenvalue weighted by Gasteiger charge is -2.32. The highest BCUT2D eigenvalue weighted by Gasteiger charge is 2.35. The van der Waals surface area contributed by atoms with Gasteiger partial charge in [0, 0.05) is 32.2 Å². The van der Waals surface area contributed by atoms with Gasteiger partial charge in [-0.05, 0) is 32.8 Å². The number of nitrogens with zero attached hydrogens (tertiary/aromatic N) is 2. The van der Waals surface area contributed by atoms with Gasteiger partial charge in [-0.1, -0.05) is 30.3 Å². The fourth-order valence-electron chi connectivity index (χ4n) is 2.88. The van der Waals surface area contributed by atoms with Gasteiger partial charge in [0.05, 0.1) is 0 Å². The van der Waals surface area contributed by atoms with Crippen LogP contribution in [0.5, 0.6) is 0 Å². The van der Waals surface area contributed by atoms with Gasteiger partial charge in [-0.2, -0.15) is 0 Å². The maximum Gasteiger partial charge on any atom is 0.259 e. The highest BCUT2D eigenvalue weighted by atomic mass is 19.1. The Hall–Kier alpha value is -1.42. The molecule has 1 aliphatic rings. The van der Waals surface area contributed by atoms with Crippen LogP contribution >= 0.6 is 0 Å². The largest absolute Gasteiger partial charge is 0.336 e. The summed E-state index contributed by atoms with van der Waals surface area (Å²) in [4.78, 5) is 16.2. The third-order valence-corrected chi connectivity index (χ3v) is 3.95. The minimum absolute atomic E-state index is 0.0405. The van der Waals surface area contributed by atoms with E-state index in [1.807, 2.05) is 25.1 Å². The van der Waals surface area contributed by atoms with Crippen LogP contribution in [-0.4, -0.2) is 47.1 Å². The first-order chi connectivity index (χ1) is 9.88. The second-order valence-electron chi connectivity index (χ2n) is 6.39. The summed E-state index contributed by atoms with van der Waals surface area (Å²) in [6.07, 6.45) is 0.888. The first kappa shape index (κ1) is 16.0. The third-order valence-electron chi connectivity index (χ3n) is 3.95. The summed E-state index contributed by atoms with van der Waals surface area (Å²) >= 11 is 0. The molecule has 0 aromatic heterocycles. The molecule has 1 unspecified atom stereocenters. The number of carbonyl (C=O) groups excluding carboxylic acids is 1. The van der Waals surface area contributed by atoms with Crippen LogP contribution in [0.25, 0.3) is 0 Å². The van der Waals surface area contributed by atoms with Crippen LogP contribution in [0.2, 0.25) is 0 Å². The van der Waals surface area contributed by atoms with Gasteiger partial charge in [-0.15, -0.1) is 0 Å². The summed E-state index contributed by atoms with van der Waals surface area (Å²) in [6, 6.07) is 10.4. The summed E-state index contributed by atoms with van der Waals surface area (Å²) < 4.78 is 13.9. The van der Waals surface area contributed by atoms with E-state index in [0.29, 0.717) is 6.54 Å². The number of hydrogen-bond acceptors (Lipinski definition) is 2. The van der Waals surface area contributed by atoms with Crippen molar-refractivity contribution in [2.45, 2.75) is 45.4 Å². The van der Waals surface area contributed by atoms with E-state index in [1.165, 1.54) is 19.4 Å². The van der Waals surface area contributed by atoms with Crippen LogP contribution in [-0.2, 0) is 11.3 Å². The molecule has 1 aromatic rings. The van der Waals surface area contributed by atoms with Crippen molar-refractivity contribution in [1.29, 1.82) is 0 Å². The highest BCUT2D eigenvalue weighted by Crippen LogP contribution is 2.19. The van der Waals surface area contributed by atoms with Crippen molar-refractivity contribution in [3.63, 3.8) is 0 Å². The molecule has 0 spiro atoms. The molecule has 0 radical (unpaired) electrons. The molecular formula is C17H25FN2O. The maximum absolute atomic E-state index is 13.9. The highest BCUT2D eigenvalue weighted by molar-refractivity contribution is 5.84. The Labute approximate surface area is 126 Å². The van der Waals surface area contributed by atoms with Crippen molar-refractivity contribution in [2.24, 2.45) is 0 Å². The molecule has 1 saturated heterocycles. The Morgan fingerprint density at radius 1 is 1.29 bits per heavy atom. The van der Waals surface area contributed by atoms with Crippen LogP contribution < -0.4 is 0 Å². The fourth-order valence-corrected chi connectivity index (χ4v) is 2.88. The summed E-state index contributed by atoms with van der Waals surface area (Å²) in [5.41, 5.74) is -0.515. The lowest BCUT2D eigenvalue weighted by atomic mass is 10.1. The van der Waals surface area contributed by atoms with E-state index in [2.05, 4.69) is 17.0 Å². The molecule has 0 saturated carbocycles. The molecule has 0 aliphatic carbocycles. The van der Waals surface area contributed by atoms with E-state index < -0.39 is 11.6 Å². The van der Waals surface area contributed by atoms with E-state index >= 15 is 0 Å². The van der Waals surface area contributed by atoms with E-state index in [-0.39, 0.29) is 6.04 Å². The molecule has 21 heavy (non-hydrogen) atoms. The van der Waals surface area contributed by atoms with Crippen molar-refractivity contribution < 1.29 is 9.18 Å². The summed E-state index contributed by atoms with van der Waals surface area (Å²) in [5.74, 6) is -0.392. The van der Waals surface area contributed by atoms with E-state index in [1.54, 1.807) is 4.90 Å². The topological polar surface area (TPSA) is 23.6 Å². The minimum Gasteiger partial charge on any atom is -0.336 e. The molecule has 1 aliphatic heterocycles. The lowest BCUT2D eigenvalue weighted by Crippen LogP contribution is -2.49. The van der Waals surface area contributed by atoms with Crippen molar-refractivity contribution in [1.82, 2.24) is 9.80 Å². The van der Waals surface area contributed by atoms with Gasteiger partial charge in [-0.3, -0.25) is 9.69 Å². The molecule has 3 nitrogen and oxygen atoms in total. The van der Waals surface area contributed by atoms with Crippen molar-refractivity contribution in [3.05, 3.63) is 35.9 Å². The molecule has 0 bridgehead atoms. The SMILES string of the molecule is CC1CN(Cc2ccccc2)CCCN1C(=O)C(C)(C)F. The first-order valence-corrected chi connectivity index (χ1v) is 7.64. The van der Waals surface area contributed by atoms with Gasteiger partial charge in [-0.25, -0.2) is 4.39 Å². The minimum atomic E-state index is -1.79. The van der Waals surface area contributed by atoms with Crippen LogP contribution in [0.15, 0.2) is 30.3 Å². The van der Waals surface area contributed by atoms with Crippen molar-refractivity contribution in [3.8, 4) is 0 Å². The van der Waals surface area contributed by atoms with Gasteiger partial charge in [0.15, 0.2) is 5.67 Å². The zero-order valence-corrected chi connectivity index (χ0v) is 13.2. The monoisotopic (exact) mass is 292 g/mol. The Bertz CT molecular complexity index is 469. The maximum atomic E-state index is 13.9. The first-order valence-electron chi connectivity index (χ1n) is 7.64. The number of rotatable bonds is 3. The average Bonchev–Trinajstić information content (AvgIpc) is 2.59. The Morgan fingerprint density at radius 2 is 1.95 bits per heavy atom. The van der Waals surface area contributed by atoms with Gasteiger partial charge < -0.3 is 4.90 Å². The normalized spacial score (nSPS) is 21.1. The van der Waals surface area contributed by atoms with Crippen LogP contribution in [0.4, 0.5) is 4.39 Å². The van der Waals surface area contributed by atoms with Gasteiger partial charge in [0.2, 0.25) is 0 Å². The molecule has 1 amide bonds. The molecule has 0 N–H and O–H groups in total. The standard InChI is InChI=1S/C17H25FN2O/c1-14-12-19(13-15-8-5-4-6-9-15)10-7-11-20(14)16(21)17(2,3)18/h4-6,8-9,14H,7,10-13H2,1-3H3. The fraction of sp³-hybridized carbons (Fsp3) is 0.588. The second kappa shape index (κ2) is 6.56.